The molecule has 0 aliphatic rings. The zero-order valence-electron chi connectivity index (χ0n) is 9.14. The Hall–Kier alpha value is -0.780. The largest absolute Gasteiger partial charge is 0.340 e. The molecule has 0 amide bonds. The Labute approximate surface area is 104 Å². The van der Waals surface area contributed by atoms with Crippen molar-refractivity contribution in [2.75, 3.05) is 6.54 Å². The topological polar surface area (TPSA) is 40.7 Å². The van der Waals surface area contributed by atoms with Gasteiger partial charge in [0.25, 0.3) is 0 Å². The van der Waals surface area contributed by atoms with Gasteiger partial charge < -0.3 is 10.3 Å². The maximum absolute atomic E-state index is 4.20. The molecule has 0 aliphatic carbocycles. The van der Waals surface area contributed by atoms with Crippen molar-refractivity contribution in [1.29, 1.82) is 0 Å². The Morgan fingerprint density at radius 3 is 3.25 bits per heavy atom. The molecule has 0 aromatic carbocycles. The van der Waals surface area contributed by atoms with Gasteiger partial charge in [0.1, 0.15) is 0 Å². The van der Waals surface area contributed by atoms with Crippen molar-refractivity contribution in [2.45, 2.75) is 23.9 Å². The molecule has 16 heavy (non-hydrogen) atoms. The van der Waals surface area contributed by atoms with Crippen LogP contribution in [0.3, 0.4) is 0 Å². The molecule has 86 valence electrons. The molecule has 0 saturated heterocycles. The van der Waals surface area contributed by atoms with Gasteiger partial charge in [0.05, 0.1) is 0 Å². The van der Waals surface area contributed by atoms with Crippen LogP contribution in [0.1, 0.15) is 11.8 Å². The van der Waals surface area contributed by atoms with Gasteiger partial charge in [0.2, 0.25) is 0 Å². The summed E-state index contributed by atoms with van der Waals surface area (Å²) in [5.41, 5.74) is 0. The van der Waals surface area contributed by atoms with E-state index in [-0.39, 0.29) is 0 Å². The van der Waals surface area contributed by atoms with Crippen LogP contribution in [-0.4, -0.2) is 21.8 Å². The minimum atomic E-state index is 0.520. The van der Waals surface area contributed by atoms with Crippen LogP contribution >= 0.6 is 23.1 Å². The zero-order chi connectivity index (χ0) is 11.2. The highest BCUT2D eigenvalue weighted by atomic mass is 32.2. The quantitative estimate of drug-likeness (QED) is 0.778. The summed E-state index contributed by atoms with van der Waals surface area (Å²) < 4.78 is 0. The fourth-order valence-electron chi connectivity index (χ4n) is 1.36. The highest BCUT2D eigenvalue weighted by molar-refractivity contribution is 7.99. The van der Waals surface area contributed by atoms with Crippen LogP contribution < -0.4 is 5.32 Å². The molecule has 2 aromatic heterocycles. The summed E-state index contributed by atoms with van der Waals surface area (Å²) in [4.78, 5) is 8.68. The molecule has 5 heteroatoms. The molecule has 1 unspecified atom stereocenters. The van der Waals surface area contributed by atoms with Crippen LogP contribution in [0.2, 0.25) is 0 Å². The Kier molecular flexibility index (Phi) is 4.44. The predicted molar refractivity (Wildman–Crippen MR) is 69.9 cm³/mol. The number of nitrogens with one attached hydrogen (secondary N) is 2. The van der Waals surface area contributed by atoms with Gasteiger partial charge in [-0.2, -0.15) is 0 Å². The van der Waals surface area contributed by atoms with Gasteiger partial charge >= 0.3 is 0 Å². The highest BCUT2D eigenvalue weighted by Gasteiger charge is 2.05. The Morgan fingerprint density at radius 2 is 2.56 bits per heavy atom. The third-order valence-corrected chi connectivity index (χ3v) is 3.99. The number of thioether (sulfide) groups is 1. The summed E-state index contributed by atoms with van der Waals surface area (Å²) in [6, 6.07) is 4.24. The smallest absolute Gasteiger partial charge is 0.165 e. The van der Waals surface area contributed by atoms with E-state index >= 15 is 0 Å². The molecule has 1 atom stereocenters. The number of hydrogen-bond donors (Lipinski definition) is 2. The third-order valence-electron chi connectivity index (χ3n) is 2.10. The van der Waals surface area contributed by atoms with Crippen LogP contribution in [0.15, 0.2) is 35.1 Å². The Morgan fingerprint density at radius 1 is 1.62 bits per heavy atom. The second kappa shape index (κ2) is 6.08. The SMILES string of the molecule is CC(CNCc1cccs1)Sc1ncc[nH]1. The number of H-pyrrole nitrogens is 1. The van der Waals surface area contributed by atoms with E-state index in [1.165, 1.54) is 4.88 Å². The molecular weight excluding hydrogens is 238 g/mol. The minimum absolute atomic E-state index is 0.520. The first-order valence-corrected chi connectivity index (χ1v) is 6.99. The maximum Gasteiger partial charge on any atom is 0.165 e. The van der Waals surface area contributed by atoms with Gasteiger partial charge in [-0.1, -0.05) is 24.8 Å². The molecule has 0 aliphatic heterocycles. The van der Waals surface area contributed by atoms with Crippen LogP contribution in [0.5, 0.6) is 0 Å². The molecular formula is C11H15N3S2. The van der Waals surface area contributed by atoms with E-state index in [9.17, 15) is 0 Å². The van der Waals surface area contributed by atoms with Gasteiger partial charge in [-0.15, -0.1) is 11.3 Å². The summed E-state index contributed by atoms with van der Waals surface area (Å²) in [5, 5.41) is 7.07. The van der Waals surface area contributed by atoms with Crippen LogP contribution in [0, 0.1) is 0 Å². The Balaban J connectivity index is 1.66. The fourth-order valence-corrected chi connectivity index (χ4v) is 2.87. The standard InChI is InChI=1S/C11H15N3S2/c1-9(16-11-13-4-5-14-11)7-12-8-10-3-2-6-15-10/h2-6,9,12H,7-8H2,1H3,(H,13,14). The summed E-state index contributed by atoms with van der Waals surface area (Å²) in [7, 11) is 0. The van der Waals surface area contributed by atoms with E-state index in [1.807, 2.05) is 6.20 Å². The molecule has 0 saturated carbocycles. The second-order valence-electron chi connectivity index (χ2n) is 3.53. The van der Waals surface area contributed by atoms with E-state index in [4.69, 9.17) is 0 Å². The molecule has 2 rings (SSSR count). The van der Waals surface area contributed by atoms with Gasteiger partial charge in [0.15, 0.2) is 5.16 Å². The summed E-state index contributed by atoms with van der Waals surface area (Å²) in [6.45, 7) is 4.15. The summed E-state index contributed by atoms with van der Waals surface area (Å²) in [5.74, 6) is 0. The Bertz CT molecular complexity index is 383. The molecule has 3 nitrogen and oxygen atoms in total. The average molecular weight is 253 g/mol. The van der Waals surface area contributed by atoms with Crippen LogP contribution in [-0.2, 0) is 6.54 Å². The molecule has 2 aromatic rings. The molecule has 0 radical (unpaired) electrons. The number of aromatic amines is 1. The molecule has 0 spiro atoms. The van der Waals surface area contributed by atoms with Crippen LogP contribution in [0.4, 0.5) is 0 Å². The molecule has 0 bridgehead atoms. The van der Waals surface area contributed by atoms with E-state index in [0.29, 0.717) is 5.25 Å². The van der Waals surface area contributed by atoms with Crippen molar-refractivity contribution in [1.82, 2.24) is 15.3 Å². The summed E-state index contributed by atoms with van der Waals surface area (Å²) >= 11 is 3.55. The van der Waals surface area contributed by atoms with E-state index in [0.717, 1.165) is 18.2 Å². The third kappa shape index (κ3) is 3.66. The van der Waals surface area contributed by atoms with Crippen molar-refractivity contribution >= 4 is 23.1 Å². The van der Waals surface area contributed by atoms with Crippen molar-refractivity contribution < 1.29 is 0 Å². The maximum atomic E-state index is 4.20. The number of thiophene rings is 1. The van der Waals surface area contributed by atoms with E-state index in [1.54, 1.807) is 29.3 Å². The van der Waals surface area contributed by atoms with E-state index in [2.05, 4.69) is 39.7 Å². The molecule has 0 fully saturated rings. The lowest BCUT2D eigenvalue weighted by Crippen LogP contribution is -2.21. The van der Waals surface area contributed by atoms with E-state index < -0.39 is 0 Å². The normalized spacial score (nSPS) is 12.8. The summed E-state index contributed by atoms with van der Waals surface area (Å²) in [6.07, 6.45) is 3.64. The zero-order valence-corrected chi connectivity index (χ0v) is 10.8. The van der Waals surface area contributed by atoms with Gasteiger partial charge in [-0.25, -0.2) is 4.98 Å². The lowest BCUT2D eigenvalue weighted by atomic mass is 10.4. The van der Waals surface area contributed by atoms with Gasteiger partial charge in [0, 0.05) is 35.6 Å². The first-order chi connectivity index (χ1) is 7.84. The lowest BCUT2D eigenvalue weighted by molar-refractivity contribution is 0.689. The fraction of sp³-hybridized carbons (Fsp3) is 0.364. The first kappa shape index (κ1) is 11.7. The second-order valence-corrected chi connectivity index (χ2v) is 5.99. The van der Waals surface area contributed by atoms with Crippen molar-refractivity contribution in [3.05, 3.63) is 34.8 Å². The monoisotopic (exact) mass is 253 g/mol. The van der Waals surface area contributed by atoms with Crippen LogP contribution in [0.25, 0.3) is 0 Å². The van der Waals surface area contributed by atoms with Gasteiger partial charge in [-0.05, 0) is 11.4 Å². The van der Waals surface area contributed by atoms with Crippen molar-refractivity contribution in [3.8, 4) is 0 Å². The molecule has 2 N–H and O–H groups in total. The van der Waals surface area contributed by atoms with Crippen molar-refractivity contribution in [2.24, 2.45) is 0 Å². The number of imidazole rings is 1. The highest BCUT2D eigenvalue weighted by Crippen LogP contribution is 2.18. The minimum Gasteiger partial charge on any atom is -0.340 e. The van der Waals surface area contributed by atoms with Gasteiger partial charge in [-0.3, -0.25) is 0 Å². The number of rotatable bonds is 6. The lowest BCUT2D eigenvalue weighted by Gasteiger charge is -2.09. The number of nitrogens with zero attached hydrogens (tertiary/aromatic N) is 1. The number of aromatic nitrogens is 2. The predicted octanol–water partition coefficient (Wildman–Crippen LogP) is 2.74. The van der Waals surface area contributed by atoms with Crippen molar-refractivity contribution in [3.63, 3.8) is 0 Å². The molecule has 2 heterocycles. The first-order valence-electron chi connectivity index (χ1n) is 5.24. The average Bonchev–Trinajstić information content (AvgIpc) is 2.90. The number of hydrogen-bond acceptors (Lipinski definition) is 4.